The molecule has 51 heavy (non-hydrogen) atoms. The first-order chi connectivity index (χ1) is 24.0. The molecule has 15 heteroatoms. The minimum absolute atomic E-state index is 0.0144. The predicted octanol–water partition coefficient (Wildman–Crippen LogP) is 4.30. The van der Waals surface area contributed by atoms with Crippen LogP contribution in [-0.4, -0.2) is 82.1 Å². The van der Waals surface area contributed by atoms with E-state index in [1.807, 2.05) is 0 Å². The van der Waals surface area contributed by atoms with Crippen LogP contribution in [0.15, 0.2) is 30.9 Å². The van der Waals surface area contributed by atoms with Crippen LogP contribution in [0.3, 0.4) is 0 Å². The number of benzene rings is 1. The zero-order valence-corrected chi connectivity index (χ0v) is 30.8. The van der Waals surface area contributed by atoms with E-state index in [1.54, 1.807) is 39.0 Å². The number of nitrogens with zero attached hydrogens (tertiary/aromatic N) is 2. The molecule has 0 aromatic heterocycles. The minimum Gasteiger partial charge on any atom is -0.465 e. The molecule has 1 aromatic rings. The number of hydrogen-bond donors (Lipinski definition) is 3. The number of rotatable bonds is 10. The van der Waals surface area contributed by atoms with Gasteiger partial charge in [0.15, 0.2) is 0 Å². The number of likely N-dealkylation sites (tertiary alicyclic amines) is 1. The van der Waals surface area contributed by atoms with Crippen LogP contribution in [0.4, 0.5) is 4.79 Å². The summed E-state index contributed by atoms with van der Waals surface area (Å²) in [7, 11) is -3.93. The Morgan fingerprint density at radius 3 is 2.35 bits per heavy atom. The van der Waals surface area contributed by atoms with Crippen molar-refractivity contribution >= 4 is 51.4 Å². The normalized spacial score (nSPS) is 28.4. The number of sulfonamides is 1. The van der Waals surface area contributed by atoms with Gasteiger partial charge in [-0.2, -0.15) is 0 Å². The van der Waals surface area contributed by atoms with Crippen LogP contribution in [0, 0.1) is 23.7 Å². The van der Waals surface area contributed by atoms with E-state index in [2.05, 4.69) is 16.6 Å². The number of amides is 4. The highest BCUT2D eigenvalue weighted by Gasteiger charge is 2.62. The first kappa shape index (κ1) is 37.1. The van der Waals surface area contributed by atoms with Gasteiger partial charge in [-0.05, 0) is 82.4 Å². The molecule has 3 saturated carbocycles. The lowest BCUT2D eigenvalue weighted by molar-refractivity contribution is -0.169. The lowest BCUT2D eigenvalue weighted by Gasteiger charge is -2.35. The van der Waals surface area contributed by atoms with E-state index < -0.39 is 86.0 Å². The fourth-order valence-electron chi connectivity index (χ4n) is 8.27. The minimum atomic E-state index is -3.93. The van der Waals surface area contributed by atoms with E-state index in [0.29, 0.717) is 41.8 Å². The third-order valence-corrected chi connectivity index (χ3v) is 13.2. The molecule has 278 valence electrons. The summed E-state index contributed by atoms with van der Waals surface area (Å²) >= 11 is 6.50. The van der Waals surface area contributed by atoms with Gasteiger partial charge in [0, 0.05) is 23.4 Å². The van der Waals surface area contributed by atoms with Crippen molar-refractivity contribution < 1.29 is 42.2 Å². The summed E-state index contributed by atoms with van der Waals surface area (Å²) in [5.41, 5.74) is -1.16. The van der Waals surface area contributed by atoms with Gasteiger partial charge in [0.25, 0.3) is 5.91 Å². The summed E-state index contributed by atoms with van der Waals surface area (Å²) in [6.45, 7) is 8.90. The molecule has 4 fully saturated rings. The molecule has 3 N–H and O–H groups in total. The maximum absolute atomic E-state index is 14.8. The highest BCUT2D eigenvalue weighted by atomic mass is 35.5. The second-order valence-electron chi connectivity index (χ2n) is 15.8. The third-order valence-electron chi connectivity index (χ3n) is 11.0. The molecule has 6 rings (SSSR count). The molecule has 0 radical (unpaired) electrons. The van der Waals surface area contributed by atoms with E-state index >= 15 is 0 Å². The Hall–Kier alpha value is -3.65. The first-order valence-corrected chi connectivity index (χ1v) is 19.7. The Bertz CT molecular complexity index is 1740. The largest absolute Gasteiger partial charge is 0.465 e. The number of ether oxygens (including phenoxy) is 1. The average molecular weight is 747 g/mol. The standard InChI is InChI=1S/C36H47ClN4O9S/c1-5-22-17-36(22,33(45)39-51(48,49)23-14-15-23)38-30(42)27-16-21(29-24-12-9-13-26(37)25(24)19-41(29)34(46)47)18-40(27)31(43)28(20-10-7-6-8-11-20)32(44)50-35(2,3)4/h5,9,12-13,20-23,27-29H,1,6-8,10-11,14-19H2,2-4H3,(H,38,42)(H,39,45)(H,46,47)/t21-,22-,27+,28?,29?,36-/m1/s1. The van der Waals surface area contributed by atoms with Gasteiger partial charge < -0.3 is 20.1 Å². The summed E-state index contributed by atoms with van der Waals surface area (Å²) in [6.07, 6.45) is 5.21. The van der Waals surface area contributed by atoms with Gasteiger partial charge in [0.1, 0.15) is 23.1 Å². The second-order valence-corrected chi connectivity index (χ2v) is 18.1. The number of nitrogens with one attached hydrogen (secondary N) is 2. The molecule has 0 bridgehead atoms. The van der Waals surface area contributed by atoms with Crippen LogP contribution < -0.4 is 10.0 Å². The van der Waals surface area contributed by atoms with Crippen LogP contribution in [0.1, 0.15) is 95.7 Å². The van der Waals surface area contributed by atoms with Crippen molar-refractivity contribution in [1.82, 2.24) is 19.8 Å². The van der Waals surface area contributed by atoms with Crippen molar-refractivity contribution in [3.05, 3.63) is 47.0 Å². The molecule has 13 nitrogen and oxygen atoms in total. The molecular formula is C36H47ClN4O9S. The fraction of sp³-hybridized carbons (Fsp3) is 0.639. The summed E-state index contributed by atoms with van der Waals surface area (Å²) < 4.78 is 33.4. The zero-order valence-electron chi connectivity index (χ0n) is 29.2. The lowest BCUT2D eigenvalue weighted by Crippen LogP contribution is -2.57. The van der Waals surface area contributed by atoms with Gasteiger partial charge in [0.2, 0.25) is 21.8 Å². The monoisotopic (exact) mass is 746 g/mol. The predicted molar refractivity (Wildman–Crippen MR) is 187 cm³/mol. The van der Waals surface area contributed by atoms with Gasteiger partial charge in [0.05, 0.1) is 17.8 Å². The Labute approximate surface area is 303 Å². The highest BCUT2D eigenvalue weighted by Crippen LogP contribution is 2.48. The van der Waals surface area contributed by atoms with Gasteiger partial charge in [-0.15, -0.1) is 6.58 Å². The van der Waals surface area contributed by atoms with Gasteiger partial charge in [-0.25, -0.2) is 13.2 Å². The van der Waals surface area contributed by atoms with E-state index in [1.165, 1.54) is 15.9 Å². The Kier molecular flexibility index (Phi) is 9.99. The second kappa shape index (κ2) is 13.7. The Morgan fingerprint density at radius 2 is 1.76 bits per heavy atom. The van der Waals surface area contributed by atoms with Gasteiger partial charge in [-0.1, -0.05) is 49.1 Å². The number of fused-ring (bicyclic) bond motifs is 1. The molecule has 4 amide bonds. The van der Waals surface area contributed by atoms with Crippen molar-refractivity contribution in [2.24, 2.45) is 23.7 Å². The molecule has 2 unspecified atom stereocenters. The number of halogens is 1. The van der Waals surface area contributed by atoms with Crippen LogP contribution in [-0.2, 0) is 40.5 Å². The molecule has 2 heterocycles. The van der Waals surface area contributed by atoms with Gasteiger partial charge in [-0.3, -0.25) is 28.8 Å². The average Bonchev–Trinajstić information content (AvgIpc) is 3.95. The molecule has 3 aliphatic carbocycles. The molecule has 2 aliphatic heterocycles. The topological polar surface area (TPSA) is 179 Å². The fourth-order valence-corrected chi connectivity index (χ4v) is 9.87. The highest BCUT2D eigenvalue weighted by molar-refractivity contribution is 7.91. The molecular weight excluding hydrogens is 700 g/mol. The number of hydrogen-bond acceptors (Lipinski definition) is 8. The number of carbonyl (C=O) groups excluding carboxylic acids is 4. The first-order valence-electron chi connectivity index (χ1n) is 17.8. The van der Waals surface area contributed by atoms with Crippen molar-refractivity contribution in [2.75, 3.05) is 6.54 Å². The molecule has 1 saturated heterocycles. The van der Waals surface area contributed by atoms with E-state index in [9.17, 15) is 37.5 Å². The van der Waals surface area contributed by atoms with Crippen LogP contribution in [0.25, 0.3) is 0 Å². The maximum Gasteiger partial charge on any atom is 0.408 e. The van der Waals surface area contributed by atoms with Crippen molar-refractivity contribution in [2.45, 2.75) is 114 Å². The summed E-state index contributed by atoms with van der Waals surface area (Å²) in [5.74, 6) is -5.48. The molecule has 5 aliphatic rings. The summed E-state index contributed by atoms with van der Waals surface area (Å²) in [5, 5.41) is 12.8. The van der Waals surface area contributed by atoms with Crippen LogP contribution in [0.5, 0.6) is 0 Å². The number of carboxylic acid groups (broad SMARTS) is 1. The Morgan fingerprint density at radius 1 is 1.08 bits per heavy atom. The van der Waals surface area contributed by atoms with Crippen molar-refractivity contribution in [3.8, 4) is 0 Å². The van der Waals surface area contributed by atoms with Crippen LogP contribution in [0.2, 0.25) is 5.02 Å². The zero-order chi connectivity index (χ0) is 37.0. The van der Waals surface area contributed by atoms with Gasteiger partial charge >= 0.3 is 12.1 Å². The maximum atomic E-state index is 14.8. The lowest BCUT2D eigenvalue weighted by atomic mass is 9.79. The summed E-state index contributed by atoms with van der Waals surface area (Å²) in [4.78, 5) is 71.8. The van der Waals surface area contributed by atoms with Crippen molar-refractivity contribution in [3.63, 3.8) is 0 Å². The number of esters is 1. The molecule has 1 aromatic carbocycles. The molecule has 6 atom stereocenters. The smallest absolute Gasteiger partial charge is 0.408 e. The quantitative estimate of drug-likeness (QED) is 0.179. The van der Waals surface area contributed by atoms with E-state index in [0.717, 1.165) is 19.3 Å². The third kappa shape index (κ3) is 7.35. The van der Waals surface area contributed by atoms with Crippen molar-refractivity contribution in [1.29, 1.82) is 0 Å². The summed E-state index contributed by atoms with van der Waals surface area (Å²) in [6, 6.07) is 3.24. The molecule has 0 spiro atoms. The van der Waals surface area contributed by atoms with E-state index in [-0.39, 0.29) is 31.8 Å². The van der Waals surface area contributed by atoms with E-state index in [4.69, 9.17) is 16.3 Å². The van der Waals surface area contributed by atoms with Crippen LogP contribution >= 0.6 is 11.6 Å². The SMILES string of the molecule is C=C[C@@H]1C[C@]1(NC(=O)[C@@H]1C[C@@H](C2c3cccc(Cl)c3CN2C(=O)O)CN1C(=O)C(C(=O)OC(C)(C)C)C1CCCCC1)C(=O)NS(=O)(=O)C1CC1. The number of carbonyl (C=O) groups is 5. The Balaban J connectivity index is 1.35.